The minimum absolute atomic E-state index is 0.0238. The third-order valence-electron chi connectivity index (χ3n) is 11.2. The molecule has 0 unspecified atom stereocenters. The maximum atomic E-state index is 14.4. The molecule has 0 bridgehead atoms. The summed E-state index contributed by atoms with van der Waals surface area (Å²) in [5.41, 5.74) is 0. The summed E-state index contributed by atoms with van der Waals surface area (Å²) < 4.78 is 18.2. The Labute approximate surface area is 356 Å². The predicted molar refractivity (Wildman–Crippen MR) is 248 cm³/mol. The van der Waals surface area contributed by atoms with Crippen molar-refractivity contribution in [3.8, 4) is 0 Å². The van der Waals surface area contributed by atoms with Gasteiger partial charge in [0.1, 0.15) is 0 Å². The van der Waals surface area contributed by atoms with Crippen molar-refractivity contribution < 1.29 is 31.7 Å². The van der Waals surface area contributed by atoms with Crippen LogP contribution in [0, 0.1) is 0 Å². The van der Waals surface area contributed by atoms with Crippen LogP contribution in [-0.4, -0.2) is 34.5 Å². The fraction of sp³-hybridized carbons (Fsp3) is 0.917. The van der Waals surface area contributed by atoms with Crippen molar-refractivity contribution in [1.82, 2.24) is 0 Å². The number of rotatable bonds is 42. The molecule has 0 saturated heterocycles. The van der Waals surface area contributed by atoms with Gasteiger partial charge in [-0.05, 0) is 24.3 Å². The Hall–Kier alpha value is -1.22. The molecule has 9 heteroatoms. The Morgan fingerprint density at radius 2 is 0.509 bits per heavy atom. The summed E-state index contributed by atoms with van der Waals surface area (Å²) in [6, 6.07) is 0. The van der Waals surface area contributed by atoms with E-state index in [9.17, 15) is 19.2 Å². The van der Waals surface area contributed by atoms with Crippen LogP contribution < -0.4 is 0 Å². The van der Waals surface area contributed by atoms with E-state index >= 15 is 0 Å². The lowest BCUT2D eigenvalue weighted by molar-refractivity contribution is -0.140. The third-order valence-corrected chi connectivity index (χ3v) is 20.7. The molecule has 0 heterocycles. The van der Waals surface area contributed by atoms with E-state index in [1.807, 2.05) is 6.92 Å². The number of hydrogen-bond acceptors (Lipinski definition) is 7. The predicted octanol–water partition coefficient (Wildman–Crippen LogP) is 16.6. The summed E-state index contributed by atoms with van der Waals surface area (Å²) in [5.74, 6) is -0.957. The Morgan fingerprint density at radius 3 is 0.702 bits per heavy atom. The SMILES string of the molecule is CCCCCCCCCCCCCCCCCCS(CCCCCCCCCCCCCCCCCC)(C(=O)CC)S(OC(=O)CC)(OC(=O)CC)OC(=O)CC. The van der Waals surface area contributed by atoms with Crippen molar-refractivity contribution in [2.45, 2.75) is 273 Å². The Morgan fingerprint density at radius 1 is 0.298 bits per heavy atom. The van der Waals surface area contributed by atoms with Gasteiger partial charge in [-0.1, -0.05) is 243 Å². The number of unbranched alkanes of at least 4 members (excludes halogenated alkanes) is 30. The first kappa shape index (κ1) is 55.8. The molecule has 7 nitrogen and oxygen atoms in total. The summed E-state index contributed by atoms with van der Waals surface area (Å²) in [5, 5.41) is -0.0730. The molecule has 0 aromatic rings. The first-order chi connectivity index (χ1) is 27.7. The lowest BCUT2D eigenvalue weighted by atomic mass is 10.0. The van der Waals surface area contributed by atoms with Crippen molar-refractivity contribution in [1.29, 1.82) is 0 Å². The van der Waals surface area contributed by atoms with E-state index in [1.54, 1.807) is 20.8 Å². The topological polar surface area (TPSA) is 96.0 Å². The van der Waals surface area contributed by atoms with E-state index in [2.05, 4.69) is 13.8 Å². The summed E-state index contributed by atoms with van der Waals surface area (Å²) in [6.07, 6.45) is 40.2. The second-order valence-corrected chi connectivity index (χ2v) is 23.7. The Kier molecular flexibility index (Phi) is 38.1. The van der Waals surface area contributed by atoms with Gasteiger partial charge in [-0.25, -0.2) is 0 Å². The van der Waals surface area contributed by atoms with Gasteiger partial charge >= 0.3 is 17.9 Å². The van der Waals surface area contributed by atoms with E-state index in [4.69, 9.17) is 12.5 Å². The molecular weight excluding hydrogens is 753 g/mol. The maximum absolute atomic E-state index is 14.4. The molecule has 0 amide bonds. The van der Waals surface area contributed by atoms with E-state index in [0.717, 1.165) is 51.4 Å². The van der Waals surface area contributed by atoms with Crippen molar-refractivity contribution >= 4 is 42.0 Å². The average Bonchev–Trinajstić information content (AvgIpc) is 3.21. The van der Waals surface area contributed by atoms with Gasteiger partial charge in [-0.15, -0.1) is 0 Å². The van der Waals surface area contributed by atoms with Gasteiger partial charge in [0.15, 0.2) is 5.12 Å². The lowest BCUT2D eigenvalue weighted by Gasteiger charge is -2.51. The van der Waals surface area contributed by atoms with E-state index in [-0.39, 0.29) is 30.8 Å². The van der Waals surface area contributed by atoms with Crippen LogP contribution in [0.15, 0.2) is 0 Å². The molecule has 0 spiro atoms. The third kappa shape index (κ3) is 27.3. The first-order valence-electron chi connectivity index (χ1n) is 24.5. The summed E-state index contributed by atoms with van der Waals surface area (Å²) in [6.45, 7) is 11.4. The summed E-state index contributed by atoms with van der Waals surface area (Å²) in [4.78, 5) is 53.6. The standard InChI is InChI=1S/C48H94O7S2/c1-7-13-15-17-19-21-23-25-27-29-31-33-35-37-39-41-43-56(48(52)12-6,57(53-45(49)9-3,54-46(50)10-4)55-47(51)11-5)44-42-40-38-36-34-32-30-28-26-24-22-20-18-16-14-8-2/h7-44H2,1-6H3. The first-order valence-corrected chi connectivity index (χ1v) is 28.4. The van der Waals surface area contributed by atoms with Crippen LogP contribution in [0.25, 0.3) is 0 Å². The second kappa shape index (κ2) is 38.9. The van der Waals surface area contributed by atoms with Gasteiger partial charge in [-0.2, -0.15) is 0 Å². The minimum Gasteiger partial charge on any atom is -0.343 e. The fourth-order valence-corrected chi connectivity index (χ4v) is 17.0. The smallest absolute Gasteiger partial charge is 0.322 e. The highest BCUT2D eigenvalue weighted by Gasteiger charge is 2.57. The molecule has 0 aliphatic carbocycles. The number of carbonyl (C=O) groups excluding carboxylic acids is 4. The molecule has 0 rings (SSSR count). The zero-order valence-electron chi connectivity index (χ0n) is 38.5. The molecule has 0 aliphatic heterocycles. The quantitative estimate of drug-likeness (QED) is 0.0446. The highest BCUT2D eigenvalue weighted by molar-refractivity contribution is 9.08. The van der Waals surface area contributed by atoms with Crippen LogP contribution in [-0.2, 0) is 31.7 Å². The normalized spacial score (nSPS) is 12.4. The van der Waals surface area contributed by atoms with Gasteiger partial charge in [0.25, 0.3) is 9.90 Å². The summed E-state index contributed by atoms with van der Waals surface area (Å²) >= 11 is 0. The molecule has 0 saturated carbocycles. The van der Waals surface area contributed by atoms with E-state index in [1.165, 1.54) is 154 Å². The Bertz CT molecular complexity index is 906. The van der Waals surface area contributed by atoms with Crippen molar-refractivity contribution in [2.75, 3.05) is 11.5 Å². The van der Waals surface area contributed by atoms with Crippen molar-refractivity contribution in [3.05, 3.63) is 0 Å². The lowest BCUT2D eigenvalue weighted by Crippen LogP contribution is -2.33. The Balaban J connectivity index is 5.39. The fourth-order valence-electron chi connectivity index (χ4n) is 7.44. The van der Waals surface area contributed by atoms with Crippen LogP contribution in [0.4, 0.5) is 0 Å². The number of hydrogen-bond donors (Lipinski definition) is 0. The molecule has 0 fully saturated rings. The molecule has 0 N–H and O–H groups in total. The van der Waals surface area contributed by atoms with Gasteiger partial charge in [-0.3, -0.25) is 19.2 Å². The van der Waals surface area contributed by atoms with Crippen LogP contribution in [0.3, 0.4) is 0 Å². The average molecular weight is 847 g/mol. The molecule has 0 aromatic heterocycles. The van der Waals surface area contributed by atoms with Gasteiger partial charge in [0.2, 0.25) is 0 Å². The highest BCUT2D eigenvalue weighted by atomic mass is 33.2. The second-order valence-electron chi connectivity index (χ2n) is 16.4. The number of carbonyl (C=O) groups is 4. The largest absolute Gasteiger partial charge is 0.343 e. The molecule has 57 heavy (non-hydrogen) atoms. The van der Waals surface area contributed by atoms with Gasteiger partial charge in [0.05, 0.1) is 0 Å². The highest BCUT2D eigenvalue weighted by Crippen LogP contribution is 2.84. The van der Waals surface area contributed by atoms with Crippen LogP contribution in [0.2, 0.25) is 0 Å². The van der Waals surface area contributed by atoms with E-state index in [0.29, 0.717) is 11.5 Å². The molecule has 0 aromatic carbocycles. The van der Waals surface area contributed by atoms with Crippen molar-refractivity contribution in [2.24, 2.45) is 0 Å². The summed E-state index contributed by atoms with van der Waals surface area (Å²) in [7, 11) is -6.27. The minimum atomic E-state index is -3.60. The zero-order chi connectivity index (χ0) is 42.3. The molecule has 0 atom stereocenters. The van der Waals surface area contributed by atoms with Crippen LogP contribution in [0.1, 0.15) is 273 Å². The maximum Gasteiger partial charge on any atom is 0.322 e. The molecule has 340 valence electrons. The zero-order valence-corrected chi connectivity index (χ0v) is 40.2. The monoisotopic (exact) mass is 847 g/mol. The molecule has 0 radical (unpaired) electrons. The van der Waals surface area contributed by atoms with Crippen molar-refractivity contribution in [3.63, 3.8) is 0 Å². The van der Waals surface area contributed by atoms with E-state index < -0.39 is 36.9 Å². The van der Waals surface area contributed by atoms with Crippen LogP contribution in [0.5, 0.6) is 0 Å². The van der Waals surface area contributed by atoms with Crippen LogP contribution >= 0.6 is 19.0 Å². The van der Waals surface area contributed by atoms with Gasteiger partial charge < -0.3 is 12.5 Å². The molecule has 0 aliphatic rings. The van der Waals surface area contributed by atoms with Gasteiger partial charge in [0, 0.05) is 25.7 Å². The molecular formula is C48H94O7S2.